The first-order valence-electron chi connectivity index (χ1n) is 3.94. The van der Waals surface area contributed by atoms with Gasteiger partial charge in [0.15, 0.2) is 0 Å². The fourth-order valence-corrected chi connectivity index (χ4v) is 1.24. The zero-order chi connectivity index (χ0) is 10.0. The van der Waals surface area contributed by atoms with Gasteiger partial charge in [-0.1, -0.05) is 23.7 Å². The number of phenols is 1. The van der Waals surface area contributed by atoms with Gasteiger partial charge in [0, 0.05) is 16.1 Å². The summed E-state index contributed by atoms with van der Waals surface area (Å²) in [7, 11) is 0. The Morgan fingerprint density at radius 2 is 2.23 bits per heavy atom. The van der Waals surface area contributed by atoms with Crippen LogP contribution < -0.4 is 5.73 Å². The molecule has 0 fully saturated rings. The summed E-state index contributed by atoms with van der Waals surface area (Å²) >= 11 is 5.81. The lowest BCUT2D eigenvalue weighted by Crippen LogP contribution is -2.07. The summed E-state index contributed by atoms with van der Waals surface area (Å²) in [5, 5.41) is 10.2. The lowest BCUT2D eigenvalue weighted by Gasteiger charge is -2.11. The molecule has 1 rings (SSSR count). The summed E-state index contributed by atoms with van der Waals surface area (Å²) in [4.78, 5) is 0. The van der Waals surface area contributed by atoms with Gasteiger partial charge in [-0.15, -0.1) is 6.58 Å². The predicted molar refractivity (Wildman–Crippen MR) is 55.0 cm³/mol. The molecule has 70 valence electrons. The molecule has 0 saturated heterocycles. The highest BCUT2D eigenvalue weighted by Crippen LogP contribution is 2.31. The summed E-state index contributed by atoms with van der Waals surface area (Å²) in [5.41, 5.74) is 6.99. The van der Waals surface area contributed by atoms with Gasteiger partial charge in [0.2, 0.25) is 0 Å². The first-order chi connectivity index (χ1) is 6.07. The third-order valence-corrected chi connectivity index (χ3v) is 2.42. The van der Waals surface area contributed by atoms with Gasteiger partial charge in [-0.05, 0) is 13.0 Å². The molecule has 0 aliphatic carbocycles. The van der Waals surface area contributed by atoms with E-state index in [0.717, 1.165) is 0 Å². The number of rotatable bonds is 2. The predicted octanol–water partition coefficient (Wildman–Crippen LogP) is 2.54. The molecule has 2 nitrogen and oxygen atoms in total. The van der Waals surface area contributed by atoms with Gasteiger partial charge in [-0.25, -0.2) is 0 Å². The van der Waals surface area contributed by atoms with Crippen LogP contribution in [0, 0.1) is 6.92 Å². The average Bonchev–Trinajstić information content (AvgIpc) is 2.13. The van der Waals surface area contributed by atoms with E-state index in [0.29, 0.717) is 16.1 Å². The highest BCUT2D eigenvalue weighted by atomic mass is 35.5. The average molecular weight is 198 g/mol. The van der Waals surface area contributed by atoms with E-state index in [-0.39, 0.29) is 11.8 Å². The number of phenolic OH excluding ortho intramolecular Hbond substituents is 1. The molecule has 0 bridgehead atoms. The maximum absolute atomic E-state index is 9.67. The Labute approximate surface area is 82.6 Å². The largest absolute Gasteiger partial charge is 0.507 e. The Kier molecular flexibility index (Phi) is 2.96. The van der Waals surface area contributed by atoms with Crippen molar-refractivity contribution in [3.05, 3.63) is 40.9 Å². The van der Waals surface area contributed by atoms with E-state index in [4.69, 9.17) is 17.3 Å². The fraction of sp³-hybridized carbons (Fsp3) is 0.200. The number of hydrogen-bond acceptors (Lipinski definition) is 2. The van der Waals surface area contributed by atoms with Crippen LogP contribution >= 0.6 is 11.6 Å². The highest BCUT2D eigenvalue weighted by molar-refractivity contribution is 6.31. The molecule has 0 heterocycles. The van der Waals surface area contributed by atoms with Crippen LogP contribution in [-0.2, 0) is 0 Å². The van der Waals surface area contributed by atoms with E-state index in [9.17, 15) is 5.11 Å². The summed E-state index contributed by atoms with van der Waals surface area (Å²) in [6, 6.07) is 3.07. The third kappa shape index (κ3) is 1.85. The van der Waals surface area contributed by atoms with Gasteiger partial charge in [0.05, 0.1) is 6.04 Å². The smallest absolute Gasteiger partial charge is 0.125 e. The molecule has 0 unspecified atom stereocenters. The quantitative estimate of drug-likeness (QED) is 0.716. The van der Waals surface area contributed by atoms with Crippen molar-refractivity contribution in [3.63, 3.8) is 0 Å². The van der Waals surface area contributed by atoms with Crippen LogP contribution in [0.15, 0.2) is 24.8 Å². The number of halogens is 1. The van der Waals surface area contributed by atoms with Crippen LogP contribution in [0.3, 0.4) is 0 Å². The third-order valence-electron chi connectivity index (χ3n) is 2.01. The molecule has 13 heavy (non-hydrogen) atoms. The van der Waals surface area contributed by atoms with Gasteiger partial charge in [-0.2, -0.15) is 0 Å². The Bertz CT molecular complexity index is 336. The van der Waals surface area contributed by atoms with Crippen molar-refractivity contribution in [2.45, 2.75) is 13.0 Å². The van der Waals surface area contributed by atoms with Crippen molar-refractivity contribution >= 4 is 11.6 Å². The van der Waals surface area contributed by atoms with Crippen LogP contribution in [0.2, 0.25) is 5.02 Å². The Balaban J connectivity index is 3.25. The Hall–Kier alpha value is -0.990. The second kappa shape index (κ2) is 3.81. The van der Waals surface area contributed by atoms with Gasteiger partial charge in [-0.3, -0.25) is 0 Å². The topological polar surface area (TPSA) is 46.2 Å². The van der Waals surface area contributed by atoms with E-state index in [1.807, 2.05) is 0 Å². The van der Waals surface area contributed by atoms with Gasteiger partial charge < -0.3 is 10.8 Å². The summed E-state index contributed by atoms with van der Waals surface area (Å²) in [6.45, 7) is 5.31. The van der Waals surface area contributed by atoms with E-state index >= 15 is 0 Å². The van der Waals surface area contributed by atoms with E-state index < -0.39 is 0 Å². The van der Waals surface area contributed by atoms with Gasteiger partial charge in [0.1, 0.15) is 5.75 Å². The molecular formula is C10H12ClNO. The minimum Gasteiger partial charge on any atom is -0.507 e. The van der Waals surface area contributed by atoms with Crippen LogP contribution in [-0.4, -0.2) is 5.11 Å². The molecule has 0 aromatic heterocycles. The van der Waals surface area contributed by atoms with E-state index in [2.05, 4.69) is 6.58 Å². The highest BCUT2D eigenvalue weighted by Gasteiger charge is 2.11. The van der Waals surface area contributed by atoms with Crippen molar-refractivity contribution < 1.29 is 5.11 Å². The first kappa shape index (κ1) is 10.1. The van der Waals surface area contributed by atoms with Crippen LogP contribution in [0.25, 0.3) is 0 Å². The van der Waals surface area contributed by atoms with Crippen molar-refractivity contribution in [1.82, 2.24) is 0 Å². The maximum Gasteiger partial charge on any atom is 0.125 e. The van der Waals surface area contributed by atoms with Crippen LogP contribution in [0.5, 0.6) is 5.75 Å². The molecule has 0 radical (unpaired) electrons. The maximum atomic E-state index is 9.67. The normalized spacial score (nSPS) is 12.5. The monoisotopic (exact) mass is 197 g/mol. The molecule has 0 amide bonds. The standard InChI is InChI=1S/C10H12ClNO/c1-3-9(12)7-4-5-8(11)6(2)10(7)13/h3-5,9,13H,1,12H2,2H3/t9-/m1/s1. The second-order valence-electron chi connectivity index (χ2n) is 2.87. The van der Waals surface area contributed by atoms with Gasteiger partial charge in [0.25, 0.3) is 0 Å². The lowest BCUT2D eigenvalue weighted by atomic mass is 10.0. The fourth-order valence-electron chi connectivity index (χ4n) is 1.09. The number of hydrogen-bond donors (Lipinski definition) is 2. The second-order valence-corrected chi connectivity index (χ2v) is 3.28. The molecule has 1 aromatic rings. The molecule has 0 spiro atoms. The first-order valence-corrected chi connectivity index (χ1v) is 4.31. The summed E-state index contributed by atoms with van der Waals surface area (Å²) in [5.74, 6) is 0.153. The Morgan fingerprint density at radius 3 is 2.77 bits per heavy atom. The summed E-state index contributed by atoms with van der Waals surface area (Å²) in [6.07, 6.45) is 1.57. The molecule has 1 aromatic carbocycles. The molecule has 0 saturated carbocycles. The lowest BCUT2D eigenvalue weighted by molar-refractivity contribution is 0.462. The SMILES string of the molecule is C=C[C@@H](N)c1ccc(Cl)c(C)c1O. The van der Waals surface area contributed by atoms with Gasteiger partial charge >= 0.3 is 0 Å². The minimum atomic E-state index is -0.351. The van der Waals surface area contributed by atoms with Crippen LogP contribution in [0.4, 0.5) is 0 Å². The van der Waals surface area contributed by atoms with E-state index in [1.165, 1.54) is 0 Å². The molecule has 0 aliphatic rings. The van der Waals surface area contributed by atoms with Crippen molar-refractivity contribution in [1.29, 1.82) is 0 Å². The van der Waals surface area contributed by atoms with E-state index in [1.54, 1.807) is 25.1 Å². The van der Waals surface area contributed by atoms with Crippen molar-refractivity contribution in [2.75, 3.05) is 0 Å². The molecule has 3 heteroatoms. The molecule has 1 atom stereocenters. The van der Waals surface area contributed by atoms with Crippen molar-refractivity contribution in [3.8, 4) is 5.75 Å². The number of benzene rings is 1. The number of aromatic hydroxyl groups is 1. The molecular weight excluding hydrogens is 186 g/mol. The zero-order valence-corrected chi connectivity index (χ0v) is 8.17. The minimum absolute atomic E-state index is 0.153. The molecule has 3 N–H and O–H groups in total. The molecule has 0 aliphatic heterocycles. The Morgan fingerprint density at radius 1 is 1.62 bits per heavy atom. The van der Waals surface area contributed by atoms with Crippen molar-refractivity contribution in [2.24, 2.45) is 5.73 Å². The summed E-state index contributed by atoms with van der Waals surface area (Å²) < 4.78 is 0. The van der Waals surface area contributed by atoms with Crippen LogP contribution in [0.1, 0.15) is 17.2 Å². The zero-order valence-electron chi connectivity index (χ0n) is 7.42. The number of nitrogens with two attached hydrogens (primary N) is 1.